The topological polar surface area (TPSA) is 100 Å². The average molecular weight is 444 g/mol. The summed E-state index contributed by atoms with van der Waals surface area (Å²) in [6, 6.07) is 13.5. The molecule has 144 valence electrons. The zero-order chi connectivity index (χ0) is 20.3. The number of nitrogens with zero attached hydrogens (tertiary/aromatic N) is 1. The molecule has 1 heterocycles. The van der Waals surface area contributed by atoms with Crippen LogP contribution in [0.1, 0.15) is 34.1 Å². The summed E-state index contributed by atoms with van der Waals surface area (Å²) < 4.78 is 2.00. The van der Waals surface area contributed by atoms with E-state index >= 15 is 0 Å². The minimum atomic E-state index is -0.890. The van der Waals surface area contributed by atoms with Gasteiger partial charge in [-0.25, -0.2) is 0 Å². The number of nitrogens with one attached hydrogen (secondary N) is 2. The van der Waals surface area contributed by atoms with Crippen molar-refractivity contribution in [1.82, 2.24) is 15.4 Å². The van der Waals surface area contributed by atoms with Crippen molar-refractivity contribution < 1.29 is 14.7 Å². The fraction of sp³-hybridized carbons (Fsp3) is 0.150. The lowest BCUT2D eigenvalue weighted by Crippen LogP contribution is -2.44. The minimum absolute atomic E-state index is 0.314. The number of benzene rings is 2. The maximum atomic E-state index is 12.8. The average Bonchev–Trinajstić information content (AvgIpc) is 2.70. The maximum absolute atomic E-state index is 12.8. The summed E-state index contributed by atoms with van der Waals surface area (Å²) in [5.41, 5.74) is 4.29. The van der Waals surface area contributed by atoms with Gasteiger partial charge in [0, 0.05) is 16.4 Å². The molecule has 0 atom stereocenters. The molecule has 2 amide bonds. The standard InChI is InChI=1S/C20H18BrN3O4/c1-2-11-24-15-10-6-4-8-13(15)17(25)16(20(24)28)19(27)23-22-18(26)12-7-3-5-9-14(12)21/h3-10,25H,2,11H2,1H3,(H,22,26)(H,23,27). The van der Waals surface area contributed by atoms with Gasteiger partial charge in [0.25, 0.3) is 17.4 Å². The number of hydrogen-bond donors (Lipinski definition) is 3. The molecule has 1 aromatic heterocycles. The Kier molecular flexibility index (Phi) is 5.79. The number of pyridine rings is 1. The first-order valence-corrected chi connectivity index (χ1v) is 9.44. The Balaban J connectivity index is 1.95. The fourth-order valence-corrected chi connectivity index (χ4v) is 3.39. The lowest BCUT2D eigenvalue weighted by molar-refractivity contribution is 0.0843. The number of hydrogen-bond acceptors (Lipinski definition) is 4. The summed E-state index contributed by atoms with van der Waals surface area (Å²) in [6.45, 7) is 2.30. The number of para-hydroxylation sites is 1. The van der Waals surface area contributed by atoms with E-state index in [1.807, 2.05) is 6.92 Å². The molecule has 0 unspecified atom stereocenters. The van der Waals surface area contributed by atoms with Crippen molar-refractivity contribution in [3.05, 3.63) is 74.5 Å². The van der Waals surface area contributed by atoms with E-state index in [-0.39, 0.29) is 0 Å². The summed E-state index contributed by atoms with van der Waals surface area (Å²) in [4.78, 5) is 37.7. The molecule has 0 spiro atoms. The van der Waals surface area contributed by atoms with E-state index in [4.69, 9.17) is 0 Å². The predicted molar refractivity (Wildman–Crippen MR) is 109 cm³/mol. The Bertz CT molecular complexity index is 1120. The number of carbonyl (C=O) groups excluding carboxylic acids is 2. The number of aromatic nitrogens is 1. The van der Waals surface area contributed by atoms with Crippen molar-refractivity contribution in [1.29, 1.82) is 0 Å². The van der Waals surface area contributed by atoms with Crippen molar-refractivity contribution in [2.75, 3.05) is 0 Å². The monoisotopic (exact) mass is 443 g/mol. The van der Waals surface area contributed by atoms with E-state index in [9.17, 15) is 19.5 Å². The molecule has 0 aliphatic heterocycles. The van der Waals surface area contributed by atoms with Gasteiger partial charge in [0.05, 0.1) is 11.1 Å². The lowest BCUT2D eigenvalue weighted by Gasteiger charge is -2.14. The van der Waals surface area contributed by atoms with Crippen LogP contribution in [0.25, 0.3) is 10.9 Å². The summed E-state index contributed by atoms with van der Waals surface area (Å²) in [5.74, 6) is -1.87. The molecule has 0 saturated heterocycles. The SMILES string of the molecule is CCCn1c(=O)c(C(=O)NNC(=O)c2ccccc2Br)c(O)c2ccccc21. The number of amides is 2. The van der Waals surface area contributed by atoms with Gasteiger partial charge in [0.1, 0.15) is 11.3 Å². The molecule has 8 heteroatoms. The Morgan fingerprint density at radius 2 is 1.68 bits per heavy atom. The largest absolute Gasteiger partial charge is 0.506 e. The molecule has 0 aliphatic rings. The number of hydrazine groups is 1. The highest BCUT2D eigenvalue weighted by Crippen LogP contribution is 2.26. The molecule has 7 nitrogen and oxygen atoms in total. The third-order valence-corrected chi connectivity index (χ3v) is 4.92. The molecular formula is C20H18BrN3O4. The first kappa shape index (κ1) is 19.6. The molecular weight excluding hydrogens is 426 g/mol. The molecule has 0 fully saturated rings. The van der Waals surface area contributed by atoms with Gasteiger partial charge in [-0.15, -0.1) is 0 Å². The molecule has 3 aromatic rings. The molecule has 0 bridgehead atoms. The van der Waals surface area contributed by atoms with Crippen LogP contribution in [-0.2, 0) is 6.54 Å². The quantitative estimate of drug-likeness (QED) is 0.539. The van der Waals surface area contributed by atoms with Gasteiger partial charge in [-0.3, -0.25) is 25.2 Å². The van der Waals surface area contributed by atoms with Crippen LogP contribution in [0.5, 0.6) is 5.75 Å². The Labute approximate surface area is 169 Å². The zero-order valence-electron chi connectivity index (χ0n) is 15.0. The van der Waals surface area contributed by atoms with Gasteiger partial charge in [-0.1, -0.05) is 31.2 Å². The van der Waals surface area contributed by atoms with Crippen LogP contribution in [0, 0.1) is 0 Å². The highest BCUT2D eigenvalue weighted by Gasteiger charge is 2.22. The second kappa shape index (κ2) is 8.26. The van der Waals surface area contributed by atoms with E-state index in [0.29, 0.717) is 33.9 Å². The lowest BCUT2D eigenvalue weighted by atomic mass is 10.1. The second-order valence-corrected chi connectivity index (χ2v) is 6.94. The number of aryl methyl sites for hydroxylation is 1. The fourth-order valence-electron chi connectivity index (χ4n) is 2.93. The summed E-state index contributed by atoms with van der Waals surface area (Å²) in [5, 5.41) is 10.9. The normalized spacial score (nSPS) is 10.6. The Hall–Kier alpha value is -3.13. The molecule has 2 aromatic carbocycles. The third-order valence-electron chi connectivity index (χ3n) is 4.23. The van der Waals surface area contributed by atoms with Gasteiger partial charge in [0.2, 0.25) is 0 Å². The van der Waals surface area contributed by atoms with E-state index < -0.39 is 28.7 Å². The van der Waals surface area contributed by atoms with Gasteiger partial charge < -0.3 is 9.67 Å². The van der Waals surface area contributed by atoms with Gasteiger partial charge >= 0.3 is 0 Å². The van der Waals surface area contributed by atoms with Gasteiger partial charge in [-0.05, 0) is 46.6 Å². The van der Waals surface area contributed by atoms with Crippen molar-refractivity contribution in [3.63, 3.8) is 0 Å². The van der Waals surface area contributed by atoms with Crippen LogP contribution >= 0.6 is 15.9 Å². The van der Waals surface area contributed by atoms with Crippen molar-refractivity contribution >= 4 is 38.6 Å². The van der Waals surface area contributed by atoms with Crippen molar-refractivity contribution in [3.8, 4) is 5.75 Å². The van der Waals surface area contributed by atoms with E-state index in [1.54, 1.807) is 48.5 Å². The predicted octanol–water partition coefficient (Wildman–Crippen LogP) is 2.95. The first-order chi connectivity index (χ1) is 13.5. The van der Waals surface area contributed by atoms with Crippen LogP contribution in [-0.4, -0.2) is 21.5 Å². The molecule has 3 rings (SSSR count). The van der Waals surface area contributed by atoms with E-state index in [2.05, 4.69) is 26.8 Å². The van der Waals surface area contributed by atoms with Crippen LogP contribution in [0.15, 0.2) is 57.8 Å². The Morgan fingerprint density at radius 1 is 1.04 bits per heavy atom. The number of halogens is 1. The zero-order valence-corrected chi connectivity index (χ0v) is 16.6. The highest BCUT2D eigenvalue weighted by atomic mass is 79.9. The Morgan fingerprint density at radius 3 is 2.39 bits per heavy atom. The van der Waals surface area contributed by atoms with Crippen molar-refractivity contribution in [2.45, 2.75) is 19.9 Å². The highest BCUT2D eigenvalue weighted by molar-refractivity contribution is 9.10. The number of aromatic hydroxyl groups is 1. The number of carbonyl (C=O) groups is 2. The van der Waals surface area contributed by atoms with Crippen molar-refractivity contribution in [2.24, 2.45) is 0 Å². The van der Waals surface area contributed by atoms with Gasteiger partial charge in [-0.2, -0.15) is 0 Å². The molecule has 3 N–H and O–H groups in total. The van der Waals surface area contributed by atoms with Crippen LogP contribution in [0.3, 0.4) is 0 Å². The first-order valence-electron chi connectivity index (χ1n) is 8.65. The van der Waals surface area contributed by atoms with Crippen LogP contribution < -0.4 is 16.4 Å². The number of rotatable bonds is 4. The smallest absolute Gasteiger partial charge is 0.279 e. The van der Waals surface area contributed by atoms with E-state index in [1.165, 1.54) is 4.57 Å². The molecule has 28 heavy (non-hydrogen) atoms. The van der Waals surface area contributed by atoms with Crippen LogP contribution in [0.2, 0.25) is 0 Å². The molecule has 0 radical (unpaired) electrons. The minimum Gasteiger partial charge on any atom is -0.506 e. The second-order valence-electron chi connectivity index (χ2n) is 6.09. The summed E-state index contributed by atoms with van der Waals surface area (Å²) in [6.07, 6.45) is 0.675. The molecule has 0 saturated carbocycles. The van der Waals surface area contributed by atoms with Crippen LogP contribution in [0.4, 0.5) is 0 Å². The molecule has 0 aliphatic carbocycles. The third kappa shape index (κ3) is 3.63. The number of fused-ring (bicyclic) bond motifs is 1. The van der Waals surface area contributed by atoms with E-state index in [0.717, 1.165) is 0 Å². The summed E-state index contributed by atoms with van der Waals surface area (Å²) in [7, 11) is 0. The van der Waals surface area contributed by atoms with Gasteiger partial charge in [0.15, 0.2) is 0 Å². The summed E-state index contributed by atoms with van der Waals surface area (Å²) >= 11 is 3.26. The maximum Gasteiger partial charge on any atom is 0.279 e.